The number of sulfonamides is 1. The quantitative estimate of drug-likeness (QED) is 0.623. The molecule has 0 aromatic heterocycles. The van der Waals surface area contributed by atoms with Gasteiger partial charge >= 0.3 is 6.03 Å². The van der Waals surface area contributed by atoms with Crippen molar-refractivity contribution < 1.29 is 13.2 Å². The number of nitrogens with one attached hydrogen (secondary N) is 2. The fourth-order valence-corrected chi connectivity index (χ4v) is 7.21. The van der Waals surface area contributed by atoms with Gasteiger partial charge in [0, 0.05) is 76.2 Å². The molecule has 2 saturated heterocycles. The number of benzene rings is 1. The van der Waals surface area contributed by atoms with Crippen LogP contribution in [0.15, 0.2) is 6.07 Å². The smallest absolute Gasteiger partial charge is 0.307 e. The molecule has 2 heterocycles. The van der Waals surface area contributed by atoms with Gasteiger partial charge in [0.1, 0.15) is 0 Å². The molecule has 32 heavy (non-hydrogen) atoms. The molecule has 2 amide bonds. The van der Waals surface area contributed by atoms with Gasteiger partial charge in [0.2, 0.25) is 10.0 Å². The molecule has 9 heteroatoms. The van der Waals surface area contributed by atoms with Crippen molar-refractivity contribution in [3.63, 3.8) is 0 Å². The van der Waals surface area contributed by atoms with E-state index in [1.165, 1.54) is 22.3 Å². The first-order chi connectivity index (χ1) is 14.9. The maximum atomic E-state index is 12.9. The fourth-order valence-electron chi connectivity index (χ4n) is 5.90. The van der Waals surface area contributed by atoms with Crippen molar-refractivity contribution in [2.75, 3.05) is 38.0 Å². The number of fused-ring (bicyclic) bond motifs is 2. The molecular weight excluding hydrogens is 451 g/mol. The molecule has 2 aliphatic heterocycles. The van der Waals surface area contributed by atoms with E-state index in [2.05, 4.69) is 32.8 Å². The number of amides is 2. The van der Waals surface area contributed by atoms with Crippen LogP contribution in [0.25, 0.3) is 0 Å². The van der Waals surface area contributed by atoms with E-state index in [1.807, 2.05) is 0 Å². The van der Waals surface area contributed by atoms with Crippen molar-refractivity contribution in [1.82, 2.24) is 14.5 Å². The molecule has 0 unspecified atom stereocenters. The van der Waals surface area contributed by atoms with Gasteiger partial charge in [-0.1, -0.05) is 13.0 Å². The molecule has 1 aromatic carbocycles. The molecule has 0 spiro atoms. The van der Waals surface area contributed by atoms with Gasteiger partial charge in [0.25, 0.3) is 0 Å². The Labute approximate surface area is 234 Å². The number of rotatable bonds is 5. The Morgan fingerprint density at radius 2 is 1.62 bits per heavy atom. The van der Waals surface area contributed by atoms with Gasteiger partial charge in [-0.25, -0.2) is 17.9 Å². The average molecular weight is 486 g/mol. The molecule has 7 nitrogen and oxygen atoms in total. The van der Waals surface area contributed by atoms with E-state index in [0.29, 0.717) is 18.9 Å². The molecule has 1 radical (unpaired) electrons. The van der Waals surface area contributed by atoms with Crippen LogP contribution in [0.4, 0.5) is 10.5 Å². The molecule has 2 fully saturated rings. The summed E-state index contributed by atoms with van der Waals surface area (Å²) in [5, 5.41) is 2.45. The van der Waals surface area contributed by atoms with Crippen LogP contribution in [0.3, 0.4) is 0 Å². The van der Waals surface area contributed by atoms with Crippen molar-refractivity contribution in [2.45, 2.75) is 69.6 Å². The third-order valence-corrected chi connectivity index (χ3v) is 9.58. The average Bonchev–Trinajstić information content (AvgIpc) is 3.36. The normalized spacial score (nSPS) is 22.0. The SMILES string of the molecule is CCN1CC(N2CCC(S(=O)(=O)NC(=O)Nc3c4c(cc5c3CCC5)CCC4)CC2)C1.[K]. The predicted molar refractivity (Wildman–Crippen MR) is 128 cm³/mol. The van der Waals surface area contributed by atoms with Crippen molar-refractivity contribution in [2.24, 2.45) is 0 Å². The van der Waals surface area contributed by atoms with E-state index >= 15 is 0 Å². The van der Waals surface area contributed by atoms with Gasteiger partial charge in [-0.3, -0.25) is 4.90 Å². The van der Waals surface area contributed by atoms with E-state index in [9.17, 15) is 13.2 Å². The summed E-state index contributed by atoms with van der Waals surface area (Å²) in [5.74, 6) is 0. The zero-order valence-corrected chi connectivity index (χ0v) is 23.4. The van der Waals surface area contributed by atoms with Gasteiger partial charge in [-0.15, -0.1) is 0 Å². The molecule has 171 valence electrons. The summed E-state index contributed by atoms with van der Waals surface area (Å²) in [6.07, 6.45) is 7.38. The molecule has 1 aromatic rings. The largest absolute Gasteiger partial charge is 0.332 e. The number of carbonyl (C=O) groups is 1. The summed E-state index contributed by atoms with van der Waals surface area (Å²) in [6.45, 7) is 6.99. The Morgan fingerprint density at radius 3 is 2.19 bits per heavy atom. The first-order valence-corrected chi connectivity index (χ1v) is 13.4. The molecule has 0 bridgehead atoms. The minimum absolute atomic E-state index is 0. The van der Waals surface area contributed by atoms with Crippen LogP contribution in [-0.4, -0.2) is 120 Å². The van der Waals surface area contributed by atoms with E-state index in [-0.39, 0.29) is 51.4 Å². The van der Waals surface area contributed by atoms with Crippen molar-refractivity contribution in [3.8, 4) is 0 Å². The van der Waals surface area contributed by atoms with Gasteiger partial charge in [0.15, 0.2) is 0 Å². The molecule has 0 saturated carbocycles. The van der Waals surface area contributed by atoms with Crippen LogP contribution in [-0.2, 0) is 35.7 Å². The second-order valence-electron chi connectivity index (χ2n) is 9.58. The van der Waals surface area contributed by atoms with Crippen molar-refractivity contribution in [1.29, 1.82) is 0 Å². The monoisotopic (exact) mass is 485 g/mol. The number of nitrogens with zero attached hydrogens (tertiary/aromatic N) is 2. The Bertz CT molecular complexity index is 938. The number of hydrogen-bond donors (Lipinski definition) is 2. The maximum Gasteiger partial charge on any atom is 0.332 e. The standard InChI is InChI=1S/C23H34N4O3S.K/c1-2-26-14-18(15-26)27-11-9-19(10-12-27)31(29,30)25-23(28)24-22-20-7-3-5-16(20)13-17-6-4-8-21(17)22;/h13,18-19H,2-12,14-15H2,1H3,(H2,24,25,28);. The molecule has 2 aliphatic carbocycles. The van der Waals surface area contributed by atoms with Crippen LogP contribution >= 0.6 is 0 Å². The molecule has 4 aliphatic rings. The fraction of sp³-hybridized carbons (Fsp3) is 0.696. The van der Waals surface area contributed by atoms with E-state index in [4.69, 9.17) is 0 Å². The molecule has 5 rings (SSSR count). The second kappa shape index (κ2) is 10.3. The molecule has 2 N–H and O–H groups in total. The zero-order chi connectivity index (χ0) is 21.6. The van der Waals surface area contributed by atoms with Gasteiger partial charge < -0.3 is 10.2 Å². The second-order valence-corrected chi connectivity index (χ2v) is 11.5. The number of hydrogen-bond acceptors (Lipinski definition) is 5. The van der Waals surface area contributed by atoms with E-state index < -0.39 is 21.3 Å². The number of likely N-dealkylation sites (tertiary alicyclic amines) is 2. The number of anilines is 1. The summed E-state index contributed by atoms with van der Waals surface area (Å²) in [6, 6.07) is 2.26. The first-order valence-electron chi connectivity index (χ1n) is 11.9. The number of carbonyl (C=O) groups excluding carboxylic acids is 1. The van der Waals surface area contributed by atoms with Crippen LogP contribution < -0.4 is 10.0 Å². The summed E-state index contributed by atoms with van der Waals surface area (Å²) in [4.78, 5) is 17.6. The number of urea groups is 1. The summed E-state index contributed by atoms with van der Waals surface area (Å²) >= 11 is 0. The van der Waals surface area contributed by atoms with Crippen LogP contribution in [0.1, 0.15) is 54.9 Å². The molecule has 0 atom stereocenters. The number of likely N-dealkylation sites (N-methyl/N-ethyl adjacent to an activating group) is 1. The minimum Gasteiger partial charge on any atom is -0.307 e. The Morgan fingerprint density at radius 1 is 1.03 bits per heavy atom. The number of piperidine rings is 1. The first kappa shape index (κ1) is 25.1. The van der Waals surface area contributed by atoms with Crippen molar-refractivity contribution >= 4 is 73.1 Å². The third-order valence-electron chi connectivity index (χ3n) is 7.76. The van der Waals surface area contributed by atoms with Gasteiger partial charge in [-0.2, -0.15) is 0 Å². The van der Waals surface area contributed by atoms with Crippen molar-refractivity contribution in [3.05, 3.63) is 28.3 Å². The third kappa shape index (κ3) is 5.00. The number of aryl methyl sites for hydroxylation is 2. The van der Waals surface area contributed by atoms with Crippen LogP contribution in [0.5, 0.6) is 0 Å². The van der Waals surface area contributed by atoms with E-state index in [0.717, 1.165) is 76.9 Å². The summed E-state index contributed by atoms with van der Waals surface area (Å²) in [5.41, 5.74) is 5.95. The molecular formula is C23H34KN4O3S. The Hall–Kier alpha value is -0.00364. The maximum absolute atomic E-state index is 12.9. The predicted octanol–water partition coefficient (Wildman–Crippen LogP) is 1.90. The van der Waals surface area contributed by atoms with E-state index in [1.54, 1.807) is 0 Å². The Kier molecular flexibility index (Phi) is 8.09. The minimum atomic E-state index is -3.68. The van der Waals surface area contributed by atoms with Gasteiger partial charge in [-0.05, 0) is 93.3 Å². The summed E-state index contributed by atoms with van der Waals surface area (Å²) < 4.78 is 28.2. The van der Waals surface area contributed by atoms with Crippen LogP contribution in [0, 0.1) is 0 Å². The topological polar surface area (TPSA) is 81.8 Å². The van der Waals surface area contributed by atoms with Gasteiger partial charge in [0.05, 0.1) is 5.25 Å². The zero-order valence-electron chi connectivity index (χ0n) is 19.5. The summed E-state index contributed by atoms with van der Waals surface area (Å²) in [7, 11) is -3.68. The Balaban J connectivity index is 0.00000245. The van der Waals surface area contributed by atoms with Crippen LogP contribution in [0.2, 0.25) is 0 Å².